The fourth-order valence-electron chi connectivity index (χ4n) is 2.26. The summed E-state index contributed by atoms with van der Waals surface area (Å²) in [5.41, 5.74) is 3.45. The third-order valence-corrected chi connectivity index (χ3v) is 3.47. The molecule has 2 N–H and O–H groups in total. The molecule has 0 bridgehead atoms. The minimum absolute atomic E-state index is 0.360. The van der Waals surface area contributed by atoms with Crippen molar-refractivity contribution in [1.82, 2.24) is 0 Å². The molecule has 2 nitrogen and oxygen atoms in total. The maximum atomic E-state index is 9.85. The van der Waals surface area contributed by atoms with Gasteiger partial charge >= 0.3 is 0 Å². The lowest BCUT2D eigenvalue weighted by Crippen LogP contribution is -2.04. The maximum Gasteiger partial charge on any atom is 0.0788 e. The van der Waals surface area contributed by atoms with Crippen molar-refractivity contribution in [2.45, 2.75) is 32.3 Å². The lowest BCUT2D eigenvalue weighted by molar-refractivity contribution is 0.174. The third kappa shape index (κ3) is 4.39. The number of aliphatic hydroxyl groups excluding tert-OH is 1. The number of rotatable bonds is 7. The van der Waals surface area contributed by atoms with Crippen molar-refractivity contribution in [2.75, 3.05) is 11.9 Å². The molecule has 2 heteroatoms. The highest BCUT2D eigenvalue weighted by molar-refractivity contribution is 5.46. The van der Waals surface area contributed by atoms with Gasteiger partial charge in [-0.1, -0.05) is 49.4 Å². The Balaban J connectivity index is 1.79. The van der Waals surface area contributed by atoms with Crippen LogP contribution < -0.4 is 5.32 Å². The summed E-state index contributed by atoms with van der Waals surface area (Å²) in [6.45, 7) is 2.94. The molecular weight excluding hydrogens is 246 g/mol. The molecule has 2 rings (SSSR count). The Morgan fingerprint density at radius 2 is 1.85 bits per heavy atom. The number of hydrogen-bond donors (Lipinski definition) is 2. The molecule has 0 fully saturated rings. The van der Waals surface area contributed by atoms with Crippen LogP contribution in [0.4, 0.5) is 5.69 Å². The van der Waals surface area contributed by atoms with Crippen molar-refractivity contribution in [3.8, 4) is 0 Å². The number of hydrogen-bond acceptors (Lipinski definition) is 2. The first kappa shape index (κ1) is 14.6. The van der Waals surface area contributed by atoms with Gasteiger partial charge in [0.25, 0.3) is 0 Å². The first-order valence-corrected chi connectivity index (χ1v) is 7.35. The van der Waals surface area contributed by atoms with Crippen LogP contribution in [0, 0.1) is 0 Å². The highest BCUT2D eigenvalue weighted by Crippen LogP contribution is 2.19. The van der Waals surface area contributed by atoms with Gasteiger partial charge in [-0.25, -0.2) is 0 Å². The summed E-state index contributed by atoms with van der Waals surface area (Å²) >= 11 is 0. The van der Waals surface area contributed by atoms with E-state index in [1.807, 2.05) is 37.3 Å². The fraction of sp³-hybridized carbons (Fsp3) is 0.333. The van der Waals surface area contributed by atoms with Crippen LogP contribution in [0.1, 0.15) is 37.0 Å². The molecule has 0 aliphatic rings. The van der Waals surface area contributed by atoms with E-state index in [-0.39, 0.29) is 6.10 Å². The Morgan fingerprint density at radius 1 is 1.05 bits per heavy atom. The third-order valence-electron chi connectivity index (χ3n) is 3.47. The molecule has 0 aromatic heterocycles. The normalized spacial score (nSPS) is 12.1. The maximum absolute atomic E-state index is 9.85. The second-order valence-electron chi connectivity index (χ2n) is 5.07. The highest BCUT2D eigenvalue weighted by Gasteiger charge is 2.04. The van der Waals surface area contributed by atoms with E-state index in [0.717, 1.165) is 37.1 Å². The van der Waals surface area contributed by atoms with E-state index in [0.29, 0.717) is 0 Å². The first-order chi connectivity index (χ1) is 9.79. The summed E-state index contributed by atoms with van der Waals surface area (Å²) < 4.78 is 0. The summed E-state index contributed by atoms with van der Waals surface area (Å²) in [6.07, 6.45) is 2.58. The largest absolute Gasteiger partial charge is 0.388 e. The molecule has 0 aliphatic carbocycles. The molecule has 0 spiro atoms. The average Bonchev–Trinajstić information content (AvgIpc) is 2.52. The Morgan fingerprint density at radius 3 is 2.60 bits per heavy atom. The van der Waals surface area contributed by atoms with E-state index in [2.05, 4.69) is 29.6 Å². The van der Waals surface area contributed by atoms with Gasteiger partial charge in [0.1, 0.15) is 0 Å². The fourth-order valence-corrected chi connectivity index (χ4v) is 2.26. The van der Waals surface area contributed by atoms with Crippen LogP contribution in [0.15, 0.2) is 54.6 Å². The Labute approximate surface area is 121 Å². The average molecular weight is 269 g/mol. The van der Waals surface area contributed by atoms with Gasteiger partial charge in [0.05, 0.1) is 6.10 Å². The first-order valence-electron chi connectivity index (χ1n) is 7.35. The van der Waals surface area contributed by atoms with E-state index in [1.165, 1.54) is 5.56 Å². The van der Waals surface area contributed by atoms with Gasteiger partial charge < -0.3 is 10.4 Å². The summed E-state index contributed by atoms with van der Waals surface area (Å²) in [6, 6.07) is 18.6. The molecule has 0 saturated carbocycles. The molecule has 1 atom stereocenters. The number of nitrogens with one attached hydrogen (secondary N) is 1. The van der Waals surface area contributed by atoms with E-state index in [4.69, 9.17) is 0 Å². The van der Waals surface area contributed by atoms with Gasteiger partial charge in [-0.3, -0.25) is 0 Å². The minimum Gasteiger partial charge on any atom is -0.388 e. The van der Waals surface area contributed by atoms with Crippen LogP contribution >= 0.6 is 0 Å². The van der Waals surface area contributed by atoms with Crippen molar-refractivity contribution < 1.29 is 5.11 Å². The lowest BCUT2D eigenvalue weighted by Gasteiger charge is -2.11. The molecule has 0 radical (unpaired) electrons. The molecule has 106 valence electrons. The zero-order chi connectivity index (χ0) is 14.2. The Hall–Kier alpha value is -1.80. The minimum atomic E-state index is -0.360. The summed E-state index contributed by atoms with van der Waals surface area (Å²) in [7, 11) is 0. The Bertz CT molecular complexity index is 510. The van der Waals surface area contributed by atoms with E-state index in [1.54, 1.807) is 0 Å². The van der Waals surface area contributed by atoms with Crippen LogP contribution in [0.5, 0.6) is 0 Å². The highest BCUT2D eigenvalue weighted by atomic mass is 16.3. The monoisotopic (exact) mass is 269 g/mol. The number of aliphatic hydroxyl groups is 1. The molecule has 20 heavy (non-hydrogen) atoms. The Kier molecular flexibility index (Phi) is 5.63. The molecule has 2 aromatic rings. The molecule has 0 saturated heterocycles. The lowest BCUT2D eigenvalue weighted by atomic mass is 10.1. The van der Waals surface area contributed by atoms with Crippen molar-refractivity contribution in [1.29, 1.82) is 0 Å². The van der Waals surface area contributed by atoms with Crippen LogP contribution in [0.25, 0.3) is 0 Å². The van der Waals surface area contributed by atoms with Gasteiger partial charge in [0.2, 0.25) is 0 Å². The number of benzene rings is 2. The van der Waals surface area contributed by atoms with Crippen molar-refractivity contribution in [3.63, 3.8) is 0 Å². The smallest absolute Gasteiger partial charge is 0.0788 e. The molecule has 0 amide bonds. The molecule has 1 unspecified atom stereocenters. The summed E-state index contributed by atoms with van der Waals surface area (Å²) in [4.78, 5) is 0. The second-order valence-corrected chi connectivity index (χ2v) is 5.07. The van der Waals surface area contributed by atoms with Gasteiger partial charge in [-0.2, -0.15) is 0 Å². The van der Waals surface area contributed by atoms with Crippen LogP contribution in [0.2, 0.25) is 0 Å². The molecule has 0 heterocycles. The quantitative estimate of drug-likeness (QED) is 0.739. The van der Waals surface area contributed by atoms with Crippen molar-refractivity contribution in [2.24, 2.45) is 0 Å². The van der Waals surface area contributed by atoms with Crippen molar-refractivity contribution in [3.05, 3.63) is 65.7 Å². The zero-order valence-electron chi connectivity index (χ0n) is 12.0. The van der Waals surface area contributed by atoms with Crippen LogP contribution in [-0.2, 0) is 6.42 Å². The SMILES string of the molecule is CCC(O)c1cccc(NCCCc2ccccc2)c1. The van der Waals surface area contributed by atoms with Gasteiger partial charge in [0.15, 0.2) is 0 Å². The second kappa shape index (κ2) is 7.71. The van der Waals surface area contributed by atoms with E-state index >= 15 is 0 Å². The standard InChI is InChI=1S/C18H23NO/c1-2-18(20)16-11-6-12-17(14-16)19-13-7-10-15-8-4-3-5-9-15/h3-6,8-9,11-12,14,18-20H,2,7,10,13H2,1H3. The molecule has 0 aliphatic heterocycles. The van der Waals surface area contributed by atoms with Gasteiger partial charge in [-0.15, -0.1) is 0 Å². The predicted molar refractivity (Wildman–Crippen MR) is 84.9 cm³/mol. The van der Waals surface area contributed by atoms with E-state index < -0.39 is 0 Å². The molecular formula is C18H23NO. The van der Waals surface area contributed by atoms with Crippen LogP contribution in [-0.4, -0.2) is 11.7 Å². The summed E-state index contributed by atoms with van der Waals surface area (Å²) in [5.74, 6) is 0. The van der Waals surface area contributed by atoms with Gasteiger partial charge in [0, 0.05) is 12.2 Å². The zero-order valence-corrected chi connectivity index (χ0v) is 12.0. The van der Waals surface area contributed by atoms with Crippen LogP contribution in [0.3, 0.4) is 0 Å². The van der Waals surface area contributed by atoms with E-state index in [9.17, 15) is 5.11 Å². The number of anilines is 1. The summed E-state index contributed by atoms with van der Waals surface area (Å²) in [5, 5.41) is 13.3. The topological polar surface area (TPSA) is 32.3 Å². The van der Waals surface area contributed by atoms with Gasteiger partial charge in [-0.05, 0) is 42.5 Å². The van der Waals surface area contributed by atoms with Crippen molar-refractivity contribution >= 4 is 5.69 Å². The molecule has 2 aromatic carbocycles. The number of aryl methyl sites for hydroxylation is 1. The predicted octanol–water partition coefficient (Wildman–Crippen LogP) is 4.17.